The average Bonchev–Trinajstić information content (AvgIpc) is 2.74. The highest BCUT2D eigenvalue weighted by Gasteiger charge is 2.27. The number of quaternary nitrogens is 2. The number of halogens is 1. The van der Waals surface area contributed by atoms with Crippen LogP contribution in [0, 0.1) is 19.7 Å². The van der Waals surface area contributed by atoms with Crippen molar-refractivity contribution in [2.45, 2.75) is 20.4 Å². The molecule has 0 unspecified atom stereocenters. The van der Waals surface area contributed by atoms with Crippen molar-refractivity contribution in [3.63, 3.8) is 0 Å². The summed E-state index contributed by atoms with van der Waals surface area (Å²) in [5, 5.41) is 3.06. The molecule has 1 aliphatic rings. The number of likely N-dealkylation sites (N-methyl/N-ethyl adjacent to an activating group) is 1. The van der Waals surface area contributed by atoms with E-state index in [0.29, 0.717) is 19.6 Å². The molecule has 2 aromatic carbocycles. The fraction of sp³-hybridized carbons (Fsp3) is 0.417. The van der Waals surface area contributed by atoms with Crippen LogP contribution in [0.15, 0.2) is 42.5 Å². The standard InChI is InChI=1S/C24H31FN4O2/c1-18-5-4-6-19(2)24(18)26-22(30)16-28-11-13-29(14-12-28)17-23(31)27(3)15-20-7-9-21(25)10-8-20/h4-10H,11-17H2,1-3H3,(H,26,30)/p+2. The molecule has 0 radical (unpaired) electrons. The first-order chi connectivity index (χ1) is 14.8. The predicted octanol–water partition coefficient (Wildman–Crippen LogP) is -0.177. The lowest BCUT2D eigenvalue weighted by Gasteiger charge is -2.30. The van der Waals surface area contributed by atoms with Crippen LogP contribution in [0.25, 0.3) is 0 Å². The highest BCUT2D eigenvalue weighted by molar-refractivity contribution is 5.93. The molecule has 0 aliphatic carbocycles. The van der Waals surface area contributed by atoms with Gasteiger partial charge in [-0.1, -0.05) is 30.3 Å². The lowest BCUT2D eigenvalue weighted by Crippen LogP contribution is -3.28. The van der Waals surface area contributed by atoms with Crippen molar-refractivity contribution in [2.24, 2.45) is 0 Å². The van der Waals surface area contributed by atoms with Gasteiger partial charge in [0, 0.05) is 19.3 Å². The third-order valence-electron chi connectivity index (χ3n) is 5.98. The van der Waals surface area contributed by atoms with Crippen LogP contribution in [-0.2, 0) is 16.1 Å². The fourth-order valence-electron chi connectivity index (χ4n) is 4.03. The molecule has 2 aromatic rings. The molecule has 1 saturated heterocycles. The molecule has 31 heavy (non-hydrogen) atoms. The smallest absolute Gasteiger partial charge is 0.279 e. The number of hydrogen-bond donors (Lipinski definition) is 3. The third kappa shape index (κ3) is 6.60. The van der Waals surface area contributed by atoms with Crippen molar-refractivity contribution in [1.29, 1.82) is 0 Å². The summed E-state index contributed by atoms with van der Waals surface area (Å²) in [6, 6.07) is 12.2. The normalized spacial score (nSPS) is 18.5. The van der Waals surface area contributed by atoms with Gasteiger partial charge in [-0.15, -0.1) is 0 Å². The molecule has 0 aromatic heterocycles. The van der Waals surface area contributed by atoms with Gasteiger partial charge >= 0.3 is 0 Å². The van der Waals surface area contributed by atoms with Gasteiger partial charge in [0.1, 0.15) is 32.0 Å². The number of anilines is 1. The number of piperazine rings is 1. The number of aryl methyl sites for hydroxylation is 2. The molecule has 0 saturated carbocycles. The van der Waals surface area contributed by atoms with E-state index in [9.17, 15) is 14.0 Å². The number of para-hydroxylation sites is 1. The molecule has 6 nitrogen and oxygen atoms in total. The van der Waals surface area contributed by atoms with E-state index in [2.05, 4.69) is 5.32 Å². The number of nitrogens with zero attached hydrogens (tertiary/aromatic N) is 1. The van der Waals surface area contributed by atoms with Crippen molar-refractivity contribution in [3.8, 4) is 0 Å². The Kier molecular flexibility index (Phi) is 7.76. The summed E-state index contributed by atoms with van der Waals surface area (Å²) in [7, 11) is 1.78. The van der Waals surface area contributed by atoms with Gasteiger partial charge in [-0.3, -0.25) is 9.59 Å². The summed E-state index contributed by atoms with van der Waals surface area (Å²) in [5.74, 6) is -0.160. The molecule has 0 bridgehead atoms. The number of carbonyl (C=O) groups is 2. The second kappa shape index (κ2) is 10.5. The lowest BCUT2D eigenvalue weighted by atomic mass is 10.1. The van der Waals surface area contributed by atoms with E-state index in [0.717, 1.165) is 48.6 Å². The van der Waals surface area contributed by atoms with Crippen LogP contribution in [0.2, 0.25) is 0 Å². The summed E-state index contributed by atoms with van der Waals surface area (Å²) < 4.78 is 13.0. The van der Waals surface area contributed by atoms with Crippen molar-refractivity contribution in [3.05, 3.63) is 65.0 Å². The number of hydrogen-bond acceptors (Lipinski definition) is 2. The molecule has 2 amide bonds. The van der Waals surface area contributed by atoms with Gasteiger partial charge in [-0.2, -0.15) is 0 Å². The van der Waals surface area contributed by atoms with Gasteiger partial charge < -0.3 is 20.0 Å². The molecular formula is C24H33FN4O2+2. The molecule has 1 fully saturated rings. The van der Waals surface area contributed by atoms with Crippen LogP contribution in [0.4, 0.5) is 10.1 Å². The molecule has 7 heteroatoms. The zero-order chi connectivity index (χ0) is 22.4. The fourth-order valence-corrected chi connectivity index (χ4v) is 4.03. The Balaban J connectivity index is 1.41. The van der Waals surface area contributed by atoms with Crippen molar-refractivity contribution >= 4 is 17.5 Å². The SMILES string of the molecule is Cc1cccc(C)c1NC(=O)C[NH+]1CC[NH+](CC(=O)N(C)Cc2ccc(F)cc2)CC1. The van der Waals surface area contributed by atoms with E-state index in [1.165, 1.54) is 21.9 Å². The number of nitrogens with one attached hydrogen (secondary N) is 3. The van der Waals surface area contributed by atoms with E-state index in [1.807, 2.05) is 32.0 Å². The minimum atomic E-state index is -0.273. The monoisotopic (exact) mass is 428 g/mol. The highest BCUT2D eigenvalue weighted by Crippen LogP contribution is 2.18. The molecule has 1 heterocycles. The van der Waals surface area contributed by atoms with Crippen LogP contribution < -0.4 is 15.1 Å². The molecule has 0 spiro atoms. The Labute approximate surface area is 183 Å². The van der Waals surface area contributed by atoms with Gasteiger partial charge in [0.25, 0.3) is 11.8 Å². The summed E-state index contributed by atoms with van der Waals surface area (Å²) in [6.07, 6.45) is 0. The van der Waals surface area contributed by atoms with Crippen LogP contribution >= 0.6 is 0 Å². The Morgan fingerprint density at radius 1 is 0.935 bits per heavy atom. The Morgan fingerprint density at radius 3 is 2.06 bits per heavy atom. The summed E-state index contributed by atoms with van der Waals surface area (Å²) in [6.45, 7) is 8.82. The molecule has 3 rings (SSSR count). The summed E-state index contributed by atoms with van der Waals surface area (Å²) >= 11 is 0. The topological polar surface area (TPSA) is 58.3 Å². The van der Waals surface area contributed by atoms with Crippen molar-refractivity contribution in [2.75, 3.05) is 51.6 Å². The van der Waals surface area contributed by atoms with E-state index >= 15 is 0 Å². The van der Waals surface area contributed by atoms with E-state index in [-0.39, 0.29) is 17.6 Å². The van der Waals surface area contributed by atoms with Crippen LogP contribution in [0.5, 0.6) is 0 Å². The molecule has 166 valence electrons. The third-order valence-corrected chi connectivity index (χ3v) is 5.98. The zero-order valence-corrected chi connectivity index (χ0v) is 18.6. The summed E-state index contributed by atoms with van der Waals surface area (Å²) in [4.78, 5) is 29.3. The van der Waals surface area contributed by atoms with Crippen molar-refractivity contribution < 1.29 is 23.8 Å². The number of amides is 2. The Morgan fingerprint density at radius 2 is 1.48 bits per heavy atom. The second-order valence-electron chi connectivity index (χ2n) is 8.54. The van der Waals surface area contributed by atoms with Gasteiger partial charge in [-0.05, 0) is 42.7 Å². The largest absolute Gasteiger partial charge is 0.337 e. The van der Waals surface area contributed by atoms with E-state index < -0.39 is 0 Å². The highest BCUT2D eigenvalue weighted by atomic mass is 19.1. The minimum absolute atomic E-state index is 0.0333. The maximum Gasteiger partial charge on any atom is 0.279 e. The van der Waals surface area contributed by atoms with Crippen LogP contribution in [0.1, 0.15) is 16.7 Å². The van der Waals surface area contributed by atoms with Gasteiger partial charge in [0.05, 0.1) is 0 Å². The van der Waals surface area contributed by atoms with Gasteiger partial charge in [0.2, 0.25) is 0 Å². The number of benzene rings is 2. The number of rotatable bonds is 7. The maximum atomic E-state index is 13.0. The first-order valence-corrected chi connectivity index (χ1v) is 10.8. The lowest BCUT2D eigenvalue weighted by molar-refractivity contribution is -1.00. The van der Waals surface area contributed by atoms with E-state index in [1.54, 1.807) is 24.1 Å². The first-order valence-electron chi connectivity index (χ1n) is 10.8. The summed E-state index contributed by atoms with van der Waals surface area (Å²) in [5.41, 5.74) is 3.96. The minimum Gasteiger partial charge on any atom is -0.337 e. The average molecular weight is 429 g/mol. The maximum absolute atomic E-state index is 13.0. The quantitative estimate of drug-likeness (QED) is 0.573. The van der Waals surface area contributed by atoms with Crippen molar-refractivity contribution in [1.82, 2.24) is 4.90 Å². The first kappa shape index (κ1) is 22.9. The number of carbonyl (C=O) groups excluding carboxylic acids is 2. The van der Waals surface area contributed by atoms with Gasteiger partial charge in [-0.25, -0.2) is 4.39 Å². The van der Waals surface area contributed by atoms with Crippen LogP contribution in [-0.4, -0.2) is 63.0 Å². The molecule has 1 aliphatic heterocycles. The Hall–Kier alpha value is -2.77. The van der Waals surface area contributed by atoms with Gasteiger partial charge in [0.15, 0.2) is 13.1 Å². The van der Waals surface area contributed by atoms with E-state index in [4.69, 9.17) is 0 Å². The Bertz CT molecular complexity index is 888. The molecule has 3 N–H and O–H groups in total. The molecular weight excluding hydrogens is 395 g/mol. The second-order valence-corrected chi connectivity index (χ2v) is 8.54. The van der Waals surface area contributed by atoms with Crippen LogP contribution in [0.3, 0.4) is 0 Å². The predicted molar refractivity (Wildman–Crippen MR) is 119 cm³/mol. The zero-order valence-electron chi connectivity index (χ0n) is 18.6. The molecule has 0 atom stereocenters.